The van der Waals surface area contributed by atoms with E-state index in [-0.39, 0.29) is 35.2 Å². The van der Waals surface area contributed by atoms with Crippen molar-refractivity contribution in [1.82, 2.24) is 4.57 Å². The Balaban J connectivity index is 1.24. The zero-order valence-electron chi connectivity index (χ0n) is 41.6. The lowest BCUT2D eigenvalue weighted by atomic mass is 9.30. The van der Waals surface area contributed by atoms with Crippen molar-refractivity contribution in [3.8, 4) is 22.3 Å². The van der Waals surface area contributed by atoms with E-state index in [0.717, 1.165) is 0 Å². The Bertz CT molecular complexity index is 3410. The van der Waals surface area contributed by atoms with Gasteiger partial charge in [-0.05, 0) is 133 Å². The first-order valence-corrected chi connectivity index (χ1v) is 24.5. The van der Waals surface area contributed by atoms with Gasteiger partial charge in [0.15, 0.2) is 0 Å². The fraction of sp³-hybridized carbons (Fsp3) is 0.311. The molecule has 0 unspecified atom stereocenters. The molecule has 66 heavy (non-hydrogen) atoms. The average molecular weight is 860 g/mol. The molecule has 328 valence electrons. The Kier molecular flexibility index (Phi) is 8.40. The van der Waals surface area contributed by atoms with E-state index in [4.69, 9.17) is 0 Å². The summed E-state index contributed by atoms with van der Waals surface area (Å²) in [6.45, 7) is 33.1. The maximum Gasteiger partial charge on any atom is 0.329 e. The molecule has 0 spiro atoms. The predicted molar refractivity (Wildman–Crippen MR) is 288 cm³/mol. The van der Waals surface area contributed by atoms with Crippen LogP contribution in [0.3, 0.4) is 0 Å². The van der Waals surface area contributed by atoms with Crippen molar-refractivity contribution in [3.05, 3.63) is 144 Å². The third-order valence-corrected chi connectivity index (χ3v) is 15.7. The first-order valence-electron chi connectivity index (χ1n) is 24.5. The van der Waals surface area contributed by atoms with Crippen LogP contribution in [0.4, 0.5) is 28.4 Å². The zero-order valence-corrected chi connectivity index (χ0v) is 41.6. The maximum atomic E-state index is 2.84. The summed E-state index contributed by atoms with van der Waals surface area (Å²) in [6, 6.07) is 48.9. The quantitative estimate of drug-likeness (QED) is 0.160. The molecule has 0 fully saturated rings. The first kappa shape index (κ1) is 41.5. The number of fused-ring (bicyclic) bond motifs is 12. The van der Waals surface area contributed by atoms with Gasteiger partial charge in [0.2, 0.25) is 0 Å². The van der Waals surface area contributed by atoms with Crippen LogP contribution in [0.15, 0.2) is 121 Å². The van der Waals surface area contributed by atoms with Crippen molar-refractivity contribution in [1.29, 1.82) is 0 Å². The average Bonchev–Trinajstić information content (AvgIpc) is 3.59. The minimum Gasteiger partial charge on any atom is -0.377 e. The van der Waals surface area contributed by atoms with Crippen LogP contribution in [-0.4, -0.2) is 18.1 Å². The number of anilines is 5. The summed E-state index contributed by atoms with van der Waals surface area (Å²) in [7, 11) is 0. The van der Waals surface area contributed by atoms with Gasteiger partial charge in [0.05, 0.1) is 5.52 Å². The minimum atomic E-state index is -0.0595. The van der Waals surface area contributed by atoms with Crippen molar-refractivity contribution >= 4 is 91.1 Å². The monoisotopic (exact) mass is 860 g/mol. The molecule has 12 rings (SSSR count). The second-order valence-electron chi connectivity index (χ2n) is 24.5. The number of aromatic nitrogens is 1. The first-order chi connectivity index (χ1) is 31.1. The van der Waals surface area contributed by atoms with Crippen molar-refractivity contribution in [3.63, 3.8) is 0 Å². The molecular weight excluding hydrogens is 796 g/mol. The number of benzene rings is 7. The van der Waals surface area contributed by atoms with Gasteiger partial charge in [-0.2, -0.15) is 0 Å². The molecule has 0 N–H and O–H groups in total. The fourth-order valence-electron chi connectivity index (χ4n) is 12.2. The van der Waals surface area contributed by atoms with Gasteiger partial charge in [0.25, 0.3) is 6.71 Å². The molecule has 8 aromatic rings. The summed E-state index contributed by atoms with van der Waals surface area (Å²) in [5, 5.41) is 2.62. The molecule has 0 aliphatic carbocycles. The van der Waals surface area contributed by atoms with Gasteiger partial charge in [-0.1, -0.05) is 168 Å². The van der Waals surface area contributed by atoms with E-state index >= 15 is 0 Å². The zero-order chi connectivity index (χ0) is 46.3. The van der Waals surface area contributed by atoms with Gasteiger partial charge in [-0.3, -0.25) is 0 Å². The van der Waals surface area contributed by atoms with E-state index in [1.807, 2.05) is 0 Å². The molecule has 5 heterocycles. The molecule has 3 nitrogen and oxygen atoms in total. The third-order valence-electron chi connectivity index (χ3n) is 15.7. The lowest BCUT2D eigenvalue weighted by Gasteiger charge is -2.52. The standard InChI is InChI=1S/C61H63B2N3/c1-35(2)64-51-18-16-15-17-43(51)44-25-22-40(34-54(44)64)65-52-27-21-38(60(9,10)11)32-49(52)62-50-33-39(61(12,13)14)29-46-42-24-20-37(59(6,7)8)31-48(42)63-47-30-36(58(3,4)5)19-23-41(47)45-26-28-53(65)55(62)57(45)66(63)56(46)50/h15-35H,1-14H3. The summed E-state index contributed by atoms with van der Waals surface area (Å²) >= 11 is 0. The lowest BCUT2D eigenvalue weighted by Crippen LogP contribution is -2.69. The van der Waals surface area contributed by atoms with Crippen LogP contribution in [0.1, 0.15) is 125 Å². The van der Waals surface area contributed by atoms with Crippen LogP contribution in [0.25, 0.3) is 44.1 Å². The van der Waals surface area contributed by atoms with Crippen LogP contribution in [0.5, 0.6) is 0 Å². The van der Waals surface area contributed by atoms with Gasteiger partial charge in [-0.25, -0.2) is 0 Å². The summed E-state index contributed by atoms with van der Waals surface area (Å²) in [4.78, 5) is 5.46. The molecule has 1 aromatic heterocycles. The van der Waals surface area contributed by atoms with Crippen LogP contribution in [0.2, 0.25) is 0 Å². The van der Waals surface area contributed by atoms with Crippen molar-refractivity contribution in [2.24, 2.45) is 0 Å². The number of para-hydroxylation sites is 1. The SMILES string of the molecule is CC(C)n1c2ccccc2c2ccc(N3c4ccc(C(C)(C)C)cc4B4c5cc(C(C)(C)C)cc6c5N5B(c7cc(C(C)(C)C)ccc7-6)c6cc(C(C)(C)C)ccc6-c6ccc3c4c65)cc21. The van der Waals surface area contributed by atoms with E-state index < -0.39 is 0 Å². The number of rotatable bonds is 2. The number of hydrogen-bond acceptors (Lipinski definition) is 2. The molecular formula is C61H63B2N3. The van der Waals surface area contributed by atoms with Crippen molar-refractivity contribution in [2.45, 2.75) is 125 Å². The van der Waals surface area contributed by atoms with Crippen LogP contribution >= 0.6 is 0 Å². The molecule has 0 bridgehead atoms. The van der Waals surface area contributed by atoms with Crippen LogP contribution in [-0.2, 0) is 21.7 Å². The molecule has 0 saturated heterocycles. The Hall–Kier alpha value is -5.93. The van der Waals surface area contributed by atoms with Gasteiger partial charge in [-0.15, -0.1) is 0 Å². The molecule has 0 atom stereocenters. The van der Waals surface area contributed by atoms with Gasteiger partial charge >= 0.3 is 6.85 Å². The predicted octanol–water partition coefficient (Wildman–Crippen LogP) is 13.1. The highest BCUT2D eigenvalue weighted by Crippen LogP contribution is 2.52. The maximum absolute atomic E-state index is 2.84. The summed E-state index contributed by atoms with van der Waals surface area (Å²) < 4.78 is 2.54. The molecule has 0 radical (unpaired) electrons. The van der Waals surface area contributed by atoms with Gasteiger partial charge in [0.1, 0.15) is 0 Å². The van der Waals surface area contributed by atoms with E-state index in [2.05, 4.69) is 233 Å². The van der Waals surface area contributed by atoms with E-state index in [9.17, 15) is 0 Å². The second-order valence-corrected chi connectivity index (χ2v) is 24.5. The Morgan fingerprint density at radius 2 is 0.955 bits per heavy atom. The fourth-order valence-corrected chi connectivity index (χ4v) is 12.2. The molecule has 4 aliphatic heterocycles. The summed E-state index contributed by atoms with van der Waals surface area (Å²) in [5.74, 6) is 0. The van der Waals surface area contributed by atoms with Gasteiger partial charge in [0, 0.05) is 61.9 Å². The number of nitrogens with zero attached hydrogens (tertiary/aromatic N) is 3. The smallest absolute Gasteiger partial charge is 0.329 e. The highest BCUT2D eigenvalue weighted by Gasteiger charge is 2.52. The van der Waals surface area contributed by atoms with E-state index in [1.165, 1.54) is 122 Å². The molecule has 0 saturated carbocycles. The normalized spacial score (nSPS) is 14.8. The Labute approximate surface area is 394 Å². The Morgan fingerprint density at radius 3 is 1.58 bits per heavy atom. The van der Waals surface area contributed by atoms with Crippen molar-refractivity contribution < 1.29 is 0 Å². The van der Waals surface area contributed by atoms with E-state index in [0.29, 0.717) is 6.04 Å². The molecule has 7 aromatic carbocycles. The summed E-state index contributed by atoms with van der Waals surface area (Å²) in [6.07, 6.45) is 0. The molecule has 5 heteroatoms. The highest BCUT2D eigenvalue weighted by atomic mass is 15.2. The van der Waals surface area contributed by atoms with E-state index in [1.54, 1.807) is 0 Å². The largest absolute Gasteiger partial charge is 0.377 e. The molecule has 4 aliphatic rings. The van der Waals surface area contributed by atoms with Gasteiger partial charge < -0.3 is 14.3 Å². The number of hydrogen-bond donors (Lipinski definition) is 0. The van der Waals surface area contributed by atoms with Crippen molar-refractivity contribution in [2.75, 3.05) is 9.71 Å². The summed E-state index contributed by atoms with van der Waals surface area (Å²) in [5.41, 5.74) is 27.0. The minimum absolute atomic E-state index is 0.000102. The molecule has 0 amide bonds. The highest BCUT2D eigenvalue weighted by molar-refractivity contribution is 7.03. The topological polar surface area (TPSA) is 11.4 Å². The Morgan fingerprint density at radius 1 is 0.424 bits per heavy atom. The second kappa shape index (κ2) is 13.4. The van der Waals surface area contributed by atoms with Crippen LogP contribution < -0.4 is 37.0 Å². The lowest BCUT2D eigenvalue weighted by molar-refractivity contribution is 0.590. The van der Waals surface area contributed by atoms with Crippen LogP contribution in [0, 0.1) is 0 Å². The third kappa shape index (κ3) is 5.71.